The van der Waals surface area contributed by atoms with Crippen LogP contribution in [0.1, 0.15) is 40.9 Å². The van der Waals surface area contributed by atoms with E-state index < -0.39 is 0 Å². The first-order valence-electron chi connectivity index (χ1n) is 6.41. The second kappa shape index (κ2) is 5.29. The molecular weight excluding hydrogens is 270 g/mol. The van der Waals surface area contributed by atoms with E-state index in [1.165, 1.54) is 16.2 Å². The molecule has 0 amide bonds. The van der Waals surface area contributed by atoms with Crippen LogP contribution in [0.2, 0.25) is 0 Å². The van der Waals surface area contributed by atoms with E-state index in [0.29, 0.717) is 17.0 Å². The summed E-state index contributed by atoms with van der Waals surface area (Å²) in [6.45, 7) is 6.41. The third kappa shape index (κ3) is 2.85. The minimum absolute atomic E-state index is 0.0256. The van der Waals surface area contributed by atoms with Crippen molar-refractivity contribution in [3.8, 4) is 5.75 Å². The second-order valence-corrected chi connectivity index (χ2v) is 6.79. The molecule has 0 saturated carbocycles. The molecule has 0 fully saturated rings. The first-order chi connectivity index (χ1) is 9.32. The summed E-state index contributed by atoms with van der Waals surface area (Å²) < 4.78 is 5.25. The number of anilines is 1. The van der Waals surface area contributed by atoms with Crippen molar-refractivity contribution in [2.45, 2.75) is 26.2 Å². The molecule has 0 aliphatic carbocycles. The van der Waals surface area contributed by atoms with Gasteiger partial charge >= 0.3 is 0 Å². The minimum atomic E-state index is -0.0256. The molecule has 0 radical (unpaired) electrons. The van der Waals surface area contributed by atoms with Crippen molar-refractivity contribution in [1.82, 2.24) is 0 Å². The van der Waals surface area contributed by atoms with E-state index >= 15 is 0 Å². The average molecular weight is 289 g/mol. The quantitative estimate of drug-likeness (QED) is 0.689. The van der Waals surface area contributed by atoms with Crippen LogP contribution < -0.4 is 10.5 Å². The smallest absolute Gasteiger partial charge is 0.206 e. The molecule has 1 aromatic heterocycles. The van der Waals surface area contributed by atoms with Gasteiger partial charge in [0.1, 0.15) is 5.75 Å². The SMILES string of the molecule is COc1cc(N)ccc1C(=O)c1ccc(C(C)(C)C)s1. The zero-order valence-corrected chi connectivity index (χ0v) is 13.0. The van der Waals surface area contributed by atoms with Gasteiger partial charge in [-0.3, -0.25) is 4.79 Å². The number of hydrogen-bond donors (Lipinski definition) is 1. The number of nitrogens with two attached hydrogens (primary N) is 1. The fraction of sp³-hybridized carbons (Fsp3) is 0.312. The maximum Gasteiger partial charge on any atom is 0.206 e. The first kappa shape index (κ1) is 14.6. The Labute approximate surface area is 123 Å². The number of benzene rings is 1. The molecule has 0 aliphatic rings. The number of hydrogen-bond acceptors (Lipinski definition) is 4. The summed E-state index contributed by atoms with van der Waals surface area (Å²) in [5.41, 5.74) is 6.89. The third-order valence-electron chi connectivity index (χ3n) is 3.04. The number of carbonyl (C=O) groups is 1. The van der Waals surface area contributed by atoms with E-state index in [4.69, 9.17) is 10.5 Å². The van der Waals surface area contributed by atoms with Gasteiger partial charge in [-0.15, -0.1) is 11.3 Å². The molecule has 2 aromatic rings. The second-order valence-electron chi connectivity index (χ2n) is 5.70. The predicted molar refractivity (Wildman–Crippen MR) is 83.9 cm³/mol. The number of ketones is 1. The lowest BCUT2D eigenvalue weighted by Gasteiger charge is -2.15. The van der Waals surface area contributed by atoms with E-state index in [9.17, 15) is 4.79 Å². The molecule has 0 aliphatic heterocycles. The van der Waals surface area contributed by atoms with Gasteiger partial charge in [-0.1, -0.05) is 20.8 Å². The lowest BCUT2D eigenvalue weighted by Crippen LogP contribution is -2.08. The maximum absolute atomic E-state index is 12.6. The van der Waals surface area contributed by atoms with Crippen LogP contribution in [0, 0.1) is 0 Å². The number of methoxy groups -OCH3 is 1. The van der Waals surface area contributed by atoms with Crippen LogP contribution in [0.25, 0.3) is 0 Å². The molecule has 0 spiro atoms. The Balaban J connectivity index is 2.39. The van der Waals surface area contributed by atoms with Crippen molar-refractivity contribution in [2.75, 3.05) is 12.8 Å². The monoisotopic (exact) mass is 289 g/mol. The normalized spacial score (nSPS) is 11.4. The zero-order chi connectivity index (χ0) is 14.9. The van der Waals surface area contributed by atoms with E-state index in [0.717, 1.165) is 4.88 Å². The summed E-state index contributed by atoms with van der Waals surface area (Å²) in [7, 11) is 1.54. The third-order valence-corrected chi connectivity index (χ3v) is 4.55. The maximum atomic E-state index is 12.6. The van der Waals surface area contributed by atoms with E-state index in [1.807, 2.05) is 12.1 Å². The Morgan fingerprint density at radius 2 is 1.90 bits per heavy atom. The van der Waals surface area contributed by atoms with Crippen LogP contribution in [-0.2, 0) is 5.41 Å². The lowest BCUT2D eigenvalue weighted by atomic mass is 9.95. The van der Waals surface area contributed by atoms with Gasteiger partial charge < -0.3 is 10.5 Å². The fourth-order valence-corrected chi connectivity index (χ4v) is 2.91. The van der Waals surface area contributed by atoms with E-state index in [2.05, 4.69) is 20.8 Å². The van der Waals surface area contributed by atoms with Crippen LogP contribution in [0.15, 0.2) is 30.3 Å². The highest BCUT2D eigenvalue weighted by Gasteiger charge is 2.21. The van der Waals surface area contributed by atoms with Gasteiger partial charge in [0, 0.05) is 16.6 Å². The van der Waals surface area contributed by atoms with Crippen molar-refractivity contribution in [3.05, 3.63) is 45.6 Å². The molecule has 1 aromatic carbocycles. The van der Waals surface area contributed by atoms with Gasteiger partial charge in [0.25, 0.3) is 0 Å². The predicted octanol–water partition coefficient (Wildman–Crippen LogP) is 3.87. The molecule has 1 heterocycles. The van der Waals surface area contributed by atoms with Gasteiger partial charge in [0.05, 0.1) is 17.6 Å². The van der Waals surface area contributed by atoms with Gasteiger partial charge in [0.2, 0.25) is 5.78 Å². The molecule has 0 unspecified atom stereocenters. The van der Waals surface area contributed by atoms with Crippen LogP contribution in [0.3, 0.4) is 0 Å². The Bertz CT molecular complexity index is 638. The molecule has 0 saturated heterocycles. The number of ether oxygens (including phenoxy) is 1. The molecular formula is C16H19NO2S. The van der Waals surface area contributed by atoms with Crippen LogP contribution in [0.4, 0.5) is 5.69 Å². The summed E-state index contributed by atoms with van der Waals surface area (Å²) in [5.74, 6) is 0.489. The Kier molecular flexibility index (Phi) is 3.86. The number of thiophene rings is 1. The van der Waals surface area contributed by atoms with Crippen LogP contribution >= 0.6 is 11.3 Å². The van der Waals surface area contributed by atoms with Crippen molar-refractivity contribution >= 4 is 22.8 Å². The summed E-state index contributed by atoms with van der Waals surface area (Å²) in [6.07, 6.45) is 0. The Hall–Kier alpha value is -1.81. The standard InChI is InChI=1S/C16H19NO2S/c1-16(2,3)14-8-7-13(20-14)15(18)11-6-5-10(17)9-12(11)19-4/h5-9H,17H2,1-4H3. The number of carbonyl (C=O) groups excluding carboxylic acids is 1. The molecule has 3 nitrogen and oxygen atoms in total. The van der Waals surface area contributed by atoms with E-state index in [-0.39, 0.29) is 11.2 Å². The molecule has 0 atom stereocenters. The van der Waals surface area contributed by atoms with E-state index in [1.54, 1.807) is 25.3 Å². The number of rotatable bonds is 3. The molecule has 106 valence electrons. The molecule has 2 N–H and O–H groups in total. The van der Waals surface area contributed by atoms with Crippen molar-refractivity contribution in [1.29, 1.82) is 0 Å². The molecule has 0 bridgehead atoms. The Morgan fingerprint density at radius 3 is 2.45 bits per heavy atom. The number of nitrogen functional groups attached to an aromatic ring is 1. The highest BCUT2D eigenvalue weighted by molar-refractivity contribution is 7.14. The highest BCUT2D eigenvalue weighted by atomic mass is 32.1. The first-order valence-corrected chi connectivity index (χ1v) is 7.23. The van der Waals surface area contributed by atoms with Gasteiger partial charge in [-0.2, -0.15) is 0 Å². The summed E-state index contributed by atoms with van der Waals surface area (Å²) in [6, 6.07) is 9.00. The molecule has 4 heteroatoms. The summed E-state index contributed by atoms with van der Waals surface area (Å²) in [5, 5.41) is 0. The summed E-state index contributed by atoms with van der Waals surface area (Å²) in [4.78, 5) is 14.5. The van der Waals surface area contributed by atoms with Gasteiger partial charge in [0.15, 0.2) is 0 Å². The zero-order valence-electron chi connectivity index (χ0n) is 12.2. The van der Waals surface area contributed by atoms with Gasteiger partial charge in [-0.05, 0) is 29.7 Å². The molecule has 20 heavy (non-hydrogen) atoms. The topological polar surface area (TPSA) is 52.3 Å². The van der Waals surface area contributed by atoms with Crippen LogP contribution in [0.5, 0.6) is 5.75 Å². The van der Waals surface area contributed by atoms with Crippen LogP contribution in [-0.4, -0.2) is 12.9 Å². The highest BCUT2D eigenvalue weighted by Crippen LogP contribution is 2.32. The van der Waals surface area contributed by atoms with Crippen molar-refractivity contribution in [3.63, 3.8) is 0 Å². The van der Waals surface area contributed by atoms with Crippen molar-refractivity contribution in [2.24, 2.45) is 0 Å². The van der Waals surface area contributed by atoms with Gasteiger partial charge in [-0.25, -0.2) is 0 Å². The fourth-order valence-electron chi connectivity index (χ4n) is 1.89. The lowest BCUT2D eigenvalue weighted by molar-refractivity contribution is 0.103. The van der Waals surface area contributed by atoms with Crippen molar-refractivity contribution < 1.29 is 9.53 Å². The Morgan fingerprint density at radius 1 is 1.20 bits per heavy atom. The largest absolute Gasteiger partial charge is 0.496 e. The average Bonchev–Trinajstić information content (AvgIpc) is 2.87. The molecule has 2 rings (SSSR count). The minimum Gasteiger partial charge on any atom is -0.496 e. The summed E-state index contributed by atoms with van der Waals surface area (Å²) >= 11 is 1.53.